The zero-order chi connectivity index (χ0) is 16.9. The van der Waals surface area contributed by atoms with E-state index in [4.69, 9.17) is 5.73 Å². The largest absolute Gasteiger partial charge is 0.337 e. The van der Waals surface area contributed by atoms with Crippen molar-refractivity contribution in [3.8, 4) is 0 Å². The number of carbonyl (C=O) groups excluding carboxylic acids is 1. The summed E-state index contributed by atoms with van der Waals surface area (Å²) in [6.07, 6.45) is 5.36. The van der Waals surface area contributed by atoms with Crippen LogP contribution in [0.5, 0.6) is 0 Å². The molecule has 3 heterocycles. The van der Waals surface area contributed by atoms with E-state index in [2.05, 4.69) is 26.8 Å². The SMILES string of the molecule is CCCC(N)c1nc(C(=O)N2CCN(c3ncccn3)CC2)cs1. The van der Waals surface area contributed by atoms with Gasteiger partial charge in [0, 0.05) is 44.0 Å². The summed E-state index contributed by atoms with van der Waals surface area (Å²) in [6.45, 7) is 4.83. The summed E-state index contributed by atoms with van der Waals surface area (Å²) in [5, 5.41) is 2.66. The predicted octanol–water partition coefficient (Wildman–Crippen LogP) is 1.70. The van der Waals surface area contributed by atoms with Gasteiger partial charge in [0.05, 0.1) is 6.04 Å². The monoisotopic (exact) mass is 346 g/mol. The summed E-state index contributed by atoms with van der Waals surface area (Å²) < 4.78 is 0. The second kappa shape index (κ2) is 7.67. The molecule has 1 fully saturated rings. The van der Waals surface area contributed by atoms with Gasteiger partial charge in [-0.25, -0.2) is 15.0 Å². The van der Waals surface area contributed by atoms with Crippen molar-refractivity contribution in [2.45, 2.75) is 25.8 Å². The maximum Gasteiger partial charge on any atom is 0.273 e. The van der Waals surface area contributed by atoms with Gasteiger partial charge in [-0.1, -0.05) is 13.3 Å². The molecule has 2 N–H and O–H groups in total. The fourth-order valence-electron chi connectivity index (χ4n) is 2.72. The summed E-state index contributed by atoms with van der Waals surface area (Å²) in [5.74, 6) is 0.695. The second-order valence-corrected chi connectivity index (χ2v) is 6.68. The molecule has 0 aromatic carbocycles. The van der Waals surface area contributed by atoms with Gasteiger partial charge in [0.15, 0.2) is 0 Å². The zero-order valence-corrected chi connectivity index (χ0v) is 14.6. The van der Waals surface area contributed by atoms with E-state index in [9.17, 15) is 4.79 Å². The minimum Gasteiger partial charge on any atom is -0.337 e. The van der Waals surface area contributed by atoms with Gasteiger partial charge in [0.1, 0.15) is 10.7 Å². The first-order chi connectivity index (χ1) is 11.7. The van der Waals surface area contributed by atoms with E-state index < -0.39 is 0 Å². The third-order valence-corrected chi connectivity index (χ3v) is 5.04. The minimum atomic E-state index is -0.0753. The first-order valence-corrected chi connectivity index (χ1v) is 9.09. The van der Waals surface area contributed by atoms with Crippen LogP contribution in [0, 0.1) is 0 Å². The lowest BCUT2D eigenvalue weighted by Crippen LogP contribution is -2.49. The number of carbonyl (C=O) groups is 1. The molecule has 0 spiro atoms. The topological polar surface area (TPSA) is 88.2 Å². The standard InChI is InChI=1S/C16H22N6OS/c1-2-4-12(17)14-20-13(11-24-14)15(23)21-7-9-22(10-8-21)16-18-5-3-6-19-16/h3,5-6,11-12H,2,4,7-10,17H2,1H3. The van der Waals surface area contributed by atoms with E-state index >= 15 is 0 Å². The molecule has 128 valence electrons. The molecule has 24 heavy (non-hydrogen) atoms. The van der Waals surface area contributed by atoms with Crippen LogP contribution in [0.4, 0.5) is 5.95 Å². The van der Waals surface area contributed by atoms with Crippen LogP contribution in [0.25, 0.3) is 0 Å². The number of rotatable bonds is 5. The summed E-state index contributed by atoms with van der Waals surface area (Å²) in [5.41, 5.74) is 6.59. The number of nitrogens with two attached hydrogens (primary N) is 1. The maximum atomic E-state index is 12.6. The number of aromatic nitrogens is 3. The van der Waals surface area contributed by atoms with Gasteiger partial charge >= 0.3 is 0 Å². The van der Waals surface area contributed by atoms with Crippen LogP contribution in [0.2, 0.25) is 0 Å². The highest BCUT2D eigenvalue weighted by molar-refractivity contribution is 7.09. The lowest BCUT2D eigenvalue weighted by molar-refractivity contribution is 0.0741. The van der Waals surface area contributed by atoms with Gasteiger partial charge in [-0.2, -0.15) is 0 Å². The van der Waals surface area contributed by atoms with Crippen LogP contribution >= 0.6 is 11.3 Å². The number of anilines is 1. The average molecular weight is 346 g/mol. The van der Waals surface area contributed by atoms with Gasteiger partial charge in [-0.05, 0) is 12.5 Å². The Morgan fingerprint density at radius 1 is 1.29 bits per heavy atom. The van der Waals surface area contributed by atoms with Crippen LogP contribution in [0.15, 0.2) is 23.8 Å². The number of piperazine rings is 1. The van der Waals surface area contributed by atoms with Crippen molar-refractivity contribution < 1.29 is 4.79 Å². The molecule has 0 saturated carbocycles. The summed E-state index contributed by atoms with van der Waals surface area (Å²) >= 11 is 1.47. The molecule has 1 aliphatic rings. The Bertz CT molecular complexity index is 668. The number of hydrogen-bond acceptors (Lipinski definition) is 7. The summed E-state index contributed by atoms with van der Waals surface area (Å²) in [4.78, 5) is 29.5. The van der Waals surface area contributed by atoms with Crippen LogP contribution in [0.1, 0.15) is 41.3 Å². The molecule has 1 saturated heterocycles. The van der Waals surface area contributed by atoms with E-state index in [0.29, 0.717) is 24.7 Å². The zero-order valence-electron chi connectivity index (χ0n) is 13.8. The van der Waals surface area contributed by atoms with E-state index in [1.54, 1.807) is 18.5 Å². The molecule has 0 radical (unpaired) electrons. The molecule has 2 aromatic rings. The van der Waals surface area contributed by atoms with E-state index in [0.717, 1.165) is 30.9 Å². The minimum absolute atomic E-state index is 0.0187. The van der Waals surface area contributed by atoms with Crippen molar-refractivity contribution in [3.63, 3.8) is 0 Å². The number of nitrogens with zero attached hydrogens (tertiary/aromatic N) is 5. The highest BCUT2D eigenvalue weighted by Gasteiger charge is 2.25. The fraction of sp³-hybridized carbons (Fsp3) is 0.500. The molecular weight excluding hydrogens is 324 g/mol. The van der Waals surface area contributed by atoms with Gasteiger partial charge in [-0.3, -0.25) is 4.79 Å². The van der Waals surface area contributed by atoms with Crippen LogP contribution in [-0.4, -0.2) is 51.9 Å². The quantitative estimate of drug-likeness (QED) is 0.886. The summed E-state index contributed by atoms with van der Waals surface area (Å²) in [6, 6.07) is 1.72. The molecule has 7 nitrogen and oxygen atoms in total. The van der Waals surface area contributed by atoms with Crippen molar-refractivity contribution in [1.29, 1.82) is 0 Å². The molecular formula is C16H22N6OS. The fourth-order valence-corrected chi connectivity index (χ4v) is 3.55. The van der Waals surface area contributed by atoms with Crippen molar-refractivity contribution in [2.75, 3.05) is 31.1 Å². The smallest absolute Gasteiger partial charge is 0.273 e. The van der Waals surface area contributed by atoms with E-state index in [-0.39, 0.29) is 11.9 Å². The number of amides is 1. The normalized spacial score (nSPS) is 16.2. The molecule has 3 rings (SSSR count). The Balaban J connectivity index is 1.59. The Labute approximate surface area is 145 Å². The van der Waals surface area contributed by atoms with Gasteiger partial charge in [0.2, 0.25) is 5.95 Å². The molecule has 8 heteroatoms. The maximum absolute atomic E-state index is 12.6. The van der Waals surface area contributed by atoms with Crippen molar-refractivity contribution in [3.05, 3.63) is 34.5 Å². The lowest BCUT2D eigenvalue weighted by Gasteiger charge is -2.34. The molecule has 2 aromatic heterocycles. The second-order valence-electron chi connectivity index (χ2n) is 5.79. The van der Waals surface area contributed by atoms with Crippen LogP contribution in [-0.2, 0) is 0 Å². The number of thiazole rings is 1. The van der Waals surface area contributed by atoms with Gasteiger partial charge < -0.3 is 15.5 Å². The van der Waals surface area contributed by atoms with E-state index in [1.165, 1.54) is 11.3 Å². The first-order valence-electron chi connectivity index (χ1n) is 8.21. The third-order valence-electron chi connectivity index (χ3n) is 4.06. The van der Waals surface area contributed by atoms with Crippen molar-refractivity contribution in [2.24, 2.45) is 5.73 Å². The van der Waals surface area contributed by atoms with Gasteiger partial charge in [-0.15, -0.1) is 11.3 Å². The molecule has 1 atom stereocenters. The Morgan fingerprint density at radius 2 is 2.00 bits per heavy atom. The Hall–Kier alpha value is -2.06. The van der Waals surface area contributed by atoms with Crippen molar-refractivity contribution in [1.82, 2.24) is 19.9 Å². The third kappa shape index (κ3) is 3.70. The highest BCUT2D eigenvalue weighted by Crippen LogP contribution is 2.21. The first kappa shape index (κ1) is 16.8. The van der Waals surface area contributed by atoms with E-state index in [1.807, 2.05) is 10.3 Å². The van der Waals surface area contributed by atoms with Gasteiger partial charge in [0.25, 0.3) is 5.91 Å². The van der Waals surface area contributed by atoms with Crippen molar-refractivity contribution >= 4 is 23.2 Å². The predicted molar refractivity (Wildman–Crippen MR) is 94.1 cm³/mol. The molecule has 1 aliphatic heterocycles. The Kier molecular flexibility index (Phi) is 5.37. The number of hydrogen-bond donors (Lipinski definition) is 1. The molecule has 1 unspecified atom stereocenters. The molecule has 1 amide bonds. The Morgan fingerprint density at radius 3 is 2.67 bits per heavy atom. The van der Waals surface area contributed by atoms with Crippen LogP contribution in [0.3, 0.4) is 0 Å². The summed E-state index contributed by atoms with van der Waals surface area (Å²) in [7, 11) is 0. The molecule has 0 aliphatic carbocycles. The highest BCUT2D eigenvalue weighted by atomic mass is 32.1. The molecule has 0 bridgehead atoms. The lowest BCUT2D eigenvalue weighted by atomic mass is 10.2. The van der Waals surface area contributed by atoms with Crippen LogP contribution < -0.4 is 10.6 Å². The average Bonchev–Trinajstić information content (AvgIpc) is 3.12.